The summed E-state index contributed by atoms with van der Waals surface area (Å²) in [7, 11) is 0.0525. The maximum Gasteiger partial charge on any atom is 0 e. The summed E-state index contributed by atoms with van der Waals surface area (Å²) in [5, 5.41) is 0.917. The van der Waals surface area contributed by atoms with E-state index >= 15 is 0 Å². The van der Waals surface area contributed by atoms with Crippen LogP contribution in [0, 0.1) is 31.6 Å². The van der Waals surface area contributed by atoms with Crippen LogP contribution in [0.5, 0.6) is 0 Å². The van der Waals surface area contributed by atoms with Gasteiger partial charge >= 0.3 is 0 Å². The van der Waals surface area contributed by atoms with Crippen molar-refractivity contribution in [1.82, 2.24) is 0 Å². The second kappa shape index (κ2) is 9.58. The van der Waals surface area contributed by atoms with Crippen LogP contribution in [-0.4, -0.2) is 16.5 Å². The van der Waals surface area contributed by atoms with E-state index in [1.54, 1.807) is 0 Å². The van der Waals surface area contributed by atoms with Crippen LogP contribution in [0.3, 0.4) is 0 Å². The standard InChI is InChI=1S/C15H26P.C2H4.Co/c1-14(2,3)16(15(4,5)6)12-11-13-9-7-8-10-13;1-2;/h7-10H,11-12H2,1-6H3;1-2H2;. The maximum atomic E-state index is 3.00. The summed E-state index contributed by atoms with van der Waals surface area (Å²) in [6.07, 6.45) is 11.4. The zero-order chi connectivity index (χ0) is 14.4. The van der Waals surface area contributed by atoms with E-state index in [1.807, 2.05) is 0 Å². The minimum absolute atomic E-state index is 0. The SMILES string of the molecule is C=C.CC(C)(C)P(CC[C]1[CH][CH][CH][CH]1)C(C)(C)C.[Co]. The molecule has 0 unspecified atom stereocenters. The van der Waals surface area contributed by atoms with Crippen LogP contribution < -0.4 is 0 Å². The topological polar surface area (TPSA) is 0 Å². The van der Waals surface area contributed by atoms with E-state index in [4.69, 9.17) is 0 Å². The van der Waals surface area contributed by atoms with Crippen LogP contribution in [0.4, 0.5) is 0 Å². The first kappa shape index (κ1) is 22.0. The summed E-state index contributed by atoms with van der Waals surface area (Å²) in [5.41, 5.74) is 0. The van der Waals surface area contributed by atoms with Crippen LogP contribution in [-0.2, 0) is 16.8 Å². The van der Waals surface area contributed by atoms with Crippen molar-refractivity contribution in [1.29, 1.82) is 0 Å². The van der Waals surface area contributed by atoms with E-state index in [9.17, 15) is 0 Å². The smallest absolute Gasteiger partial charge is 0 e. The molecule has 112 valence electrons. The Morgan fingerprint density at radius 2 is 1.26 bits per heavy atom. The molecular weight excluding hydrogens is 294 g/mol. The minimum atomic E-state index is 0. The summed E-state index contributed by atoms with van der Waals surface area (Å²) in [4.78, 5) is 0. The summed E-state index contributed by atoms with van der Waals surface area (Å²) < 4.78 is 0. The Balaban J connectivity index is 0. The third kappa shape index (κ3) is 8.53. The van der Waals surface area contributed by atoms with Crippen molar-refractivity contribution in [3.05, 3.63) is 44.8 Å². The predicted molar refractivity (Wildman–Crippen MR) is 87.6 cm³/mol. The Morgan fingerprint density at radius 1 is 0.895 bits per heavy atom. The van der Waals surface area contributed by atoms with Crippen LogP contribution >= 0.6 is 7.92 Å². The molecule has 0 bridgehead atoms. The third-order valence-corrected chi connectivity index (χ3v) is 6.89. The Hall–Kier alpha value is 0.676. The number of rotatable bonds is 3. The van der Waals surface area contributed by atoms with Crippen molar-refractivity contribution in [2.45, 2.75) is 58.3 Å². The molecule has 1 fully saturated rings. The quantitative estimate of drug-likeness (QED) is 0.464. The molecule has 6 radical (unpaired) electrons. The van der Waals surface area contributed by atoms with Crippen LogP contribution in [0.2, 0.25) is 0 Å². The molecule has 0 heterocycles. The van der Waals surface area contributed by atoms with Gasteiger partial charge in [0.1, 0.15) is 0 Å². The monoisotopic (exact) mass is 324 g/mol. The fraction of sp³-hybridized carbons (Fsp3) is 0.588. The summed E-state index contributed by atoms with van der Waals surface area (Å²) in [6, 6.07) is 0. The van der Waals surface area contributed by atoms with E-state index in [0.717, 1.165) is 0 Å². The molecule has 0 spiro atoms. The predicted octanol–water partition coefficient (Wildman–Crippen LogP) is 5.66. The Kier molecular flexibility index (Phi) is 11.1. The number of hydrogen-bond donors (Lipinski definition) is 0. The van der Waals surface area contributed by atoms with Crippen molar-refractivity contribution < 1.29 is 16.8 Å². The van der Waals surface area contributed by atoms with Crippen LogP contribution in [0.15, 0.2) is 13.2 Å². The summed E-state index contributed by atoms with van der Waals surface area (Å²) in [6.45, 7) is 20.4. The van der Waals surface area contributed by atoms with Gasteiger partial charge in [-0.2, -0.15) is 0 Å². The summed E-state index contributed by atoms with van der Waals surface area (Å²) >= 11 is 0. The van der Waals surface area contributed by atoms with E-state index < -0.39 is 0 Å². The average Bonchev–Trinajstić information content (AvgIpc) is 2.69. The Morgan fingerprint density at radius 3 is 1.58 bits per heavy atom. The normalized spacial score (nSPS) is 16.8. The molecule has 19 heavy (non-hydrogen) atoms. The molecule has 0 atom stereocenters. The third-order valence-electron chi connectivity index (χ3n) is 2.98. The first-order chi connectivity index (χ1) is 8.21. The van der Waals surface area contributed by atoms with Gasteiger partial charge in [-0.1, -0.05) is 49.5 Å². The van der Waals surface area contributed by atoms with Crippen LogP contribution in [0.1, 0.15) is 48.0 Å². The first-order valence-corrected chi connectivity index (χ1v) is 8.22. The molecular formula is C17H30CoP. The van der Waals surface area contributed by atoms with E-state index in [2.05, 4.69) is 80.4 Å². The van der Waals surface area contributed by atoms with Gasteiger partial charge in [0.2, 0.25) is 0 Å². The maximum absolute atomic E-state index is 3.00. The largest absolute Gasteiger partial charge is 0.106 e. The molecule has 0 aromatic carbocycles. The Bertz CT molecular complexity index is 204. The van der Waals surface area contributed by atoms with Crippen molar-refractivity contribution in [2.75, 3.05) is 6.16 Å². The van der Waals surface area contributed by atoms with Crippen molar-refractivity contribution in [2.24, 2.45) is 0 Å². The van der Waals surface area contributed by atoms with Gasteiger partial charge in [0.05, 0.1) is 0 Å². The minimum Gasteiger partial charge on any atom is -0.106 e. The molecule has 0 aromatic rings. The van der Waals surface area contributed by atoms with Crippen LogP contribution in [0.25, 0.3) is 0 Å². The molecule has 0 nitrogen and oxygen atoms in total. The molecule has 0 saturated heterocycles. The molecule has 2 heteroatoms. The molecule has 1 aliphatic rings. The molecule has 0 aromatic heterocycles. The van der Waals surface area contributed by atoms with Crippen molar-refractivity contribution in [3.63, 3.8) is 0 Å². The molecule has 1 rings (SSSR count). The fourth-order valence-corrected chi connectivity index (χ4v) is 6.33. The molecule has 0 aliphatic heterocycles. The van der Waals surface area contributed by atoms with Gasteiger partial charge in [-0.25, -0.2) is 0 Å². The van der Waals surface area contributed by atoms with Crippen molar-refractivity contribution >= 4 is 7.92 Å². The molecule has 1 aliphatic carbocycles. The van der Waals surface area contributed by atoms with Gasteiger partial charge in [0.25, 0.3) is 0 Å². The van der Waals surface area contributed by atoms with Gasteiger partial charge in [-0.3, -0.25) is 0 Å². The van der Waals surface area contributed by atoms with Gasteiger partial charge in [-0.05, 0) is 54.5 Å². The zero-order valence-corrected chi connectivity index (χ0v) is 15.4. The second-order valence-electron chi connectivity index (χ2n) is 6.54. The summed E-state index contributed by atoms with van der Waals surface area (Å²) in [5.74, 6) is 1.50. The first-order valence-electron chi connectivity index (χ1n) is 6.69. The average molecular weight is 324 g/mol. The second-order valence-corrected chi connectivity index (χ2v) is 10.5. The van der Waals surface area contributed by atoms with E-state index in [0.29, 0.717) is 10.3 Å². The van der Waals surface area contributed by atoms with E-state index in [1.165, 1.54) is 18.5 Å². The molecule has 0 N–H and O–H groups in total. The van der Waals surface area contributed by atoms with E-state index in [-0.39, 0.29) is 24.7 Å². The fourth-order valence-electron chi connectivity index (χ4n) is 2.50. The Labute approximate surface area is 134 Å². The zero-order valence-electron chi connectivity index (χ0n) is 13.4. The number of hydrogen-bond acceptors (Lipinski definition) is 0. The molecule has 1 saturated carbocycles. The van der Waals surface area contributed by atoms with Gasteiger partial charge in [0, 0.05) is 16.8 Å². The van der Waals surface area contributed by atoms with Gasteiger partial charge in [0.15, 0.2) is 0 Å². The van der Waals surface area contributed by atoms with Gasteiger partial charge in [-0.15, -0.1) is 13.2 Å². The van der Waals surface area contributed by atoms with Gasteiger partial charge < -0.3 is 0 Å². The molecule has 0 amide bonds. The van der Waals surface area contributed by atoms with Crippen molar-refractivity contribution in [3.8, 4) is 0 Å².